The Labute approximate surface area is 141 Å². The van der Waals surface area contributed by atoms with Gasteiger partial charge in [0.1, 0.15) is 11.4 Å². The van der Waals surface area contributed by atoms with Gasteiger partial charge in [0.15, 0.2) is 0 Å². The van der Waals surface area contributed by atoms with E-state index in [1.54, 1.807) is 13.2 Å². The molecule has 6 heteroatoms. The van der Waals surface area contributed by atoms with E-state index in [-0.39, 0.29) is 11.9 Å². The molecule has 2 N–H and O–H groups in total. The predicted molar refractivity (Wildman–Crippen MR) is 92.8 cm³/mol. The fourth-order valence-corrected chi connectivity index (χ4v) is 2.90. The third-order valence-corrected chi connectivity index (χ3v) is 4.10. The lowest BCUT2D eigenvalue weighted by molar-refractivity contribution is 0.0932. The van der Waals surface area contributed by atoms with Gasteiger partial charge in [0.2, 0.25) is 5.95 Å². The number of carbonyl (C=O) groups is 1. The summed E-state index contributed by atoms with van der Waals surface area (Å²) >= 11 is 0. The number of hydrogen-bond acceptors (Lipinski definition) is 5. The van der Waals surface area contributed by atoms with E-state index in [1.807, 2.05) is 31.2 Å². The molecule has 0 unspecified atom stereocenters. The highest BCUT2D eigenvalue weighted by molar-refractivity contribution is 5.92. The summed E-state index contributed by atoms with van der Waals surface area (Å²) in [6.45, 7) is 1.85. The summed E-state index contributed by atoms with van der Waals surface area (Å²) in [4.78, 5) is 21.1. The van der Waals surface area contributed by atoms with Crippen molar-refractivity contribution in [1.82, 2.24) is 15.3 Å². The van der Waals surface area contributed by atoms with Crippen LogP contribution in [0.4, 0.5) is 11.6 Å². The van der Waals surface area contributed by atoms with Gasteiger partial charge in [-0.3, -0.25) is 4.79 Å². The smallest absolute Gasteiger partial charge is 0.270 e. The molecule has 6 nitrogen and oxygen atoms in total. The summed E-state index contributed by atoms with van der Waals surface area (Å²) in [5.41, 5.74) is 1.94. The number of nitrogens with zero attached hydrogens (tertiary/aromatic N) is 2. The lowest BCUT2D eigenvalue weighted by atomic mass is 10.2. The highest BCUT2D eigenvalue weighted by Gasteiger charge is 2.19. The van der Waals surface area contributed by atoms with Gasteiger partial charge < -0.3 is 15.4 Å². The number of amides is 1. The molecule has 0 aliphatic heterocycles. The molecule has 3 rings (SSSR count). The van der Waals surface area contributed by atoms with Crippen molar-refractivity contribution in [2.45, 2.75) is 38.6 Å². The van der Waals surface area contributed by atoms with E-state index >= 15 is 0 Å². The topological polar surface area (TPSA) is 76.1 Å². The molecule has 0 radical (unpaired) electrons. The Kier molecular flexibility index (Phi) is 4.93. The van der Waals surface area contributed by atoms with E-state index in [0.717, 1.165) is 30.0 Å². The van der Waals surface area contributed by atoms with Gasteiger partial charge in [0.25, 0.3) is 5.91 Å². The highest BCUT2D eigenvalue weighted by Crippen LogP contribution is 2.20. The van der Waals surface area contributed by atoms with Crippen LogP contribution in [0.25, 0.3) is 0 Å². The first-order chi connectivity index (χ1) is 11.6. The number of carbonyl (C=O) groups excluding carboxylic acids is 1. The second-order valence-electron chi connectivity index (χ2n) is 6.03. The number of methoxy groups -OCH3 is 1. The SMILES string of the molecule is COc1cccc(Nc2nc(C)cc(C(=O)NC3CCCC3)n2)c1. The van der Waals surface area contributed by atoms with Gasteiger partial charge >= 0.3 is 0 Å². The van der Waals surface area contributed by atoms with Gasteiger partial charge in [0, 0.05) is 23.5 Å². The number of benzene rings is 1. The molecular formula is C18H22N4O2. The van der Waals surface area contributed by atoms with Crippen LogP contribution in [0.1, 0.15) is 41.9 Å². The van der Waals surface area contributed by atoms with Gasteiger partial charge in [-0.1, -0.05) is 18.9 Å². The van der Waals surface area contributed by atoms with Crippen LogP contribution in [-0.2, 0) is 0 Å². The van der Waals surface area contributed by atoms with Crippen molar-refractivity contribution in [3.05, 3.63) is 41.7 Å². The van der Waals surface area contributed by atoms with Gasteiger partial charge in [-0.05, 0) is 38.0 Å². The van der Waals surface area contributed by atoms with Crippen LogP contribution in [0.15, 0.2) is 30.3 Å². The maximum absolute atomic E-state index is 12.4. The van der Waals surface area contributed by atoms with E-state index in [1.165, 1.54) is 12.8 Å². The Balaban J connectivity index is 1.76. The summed E-state index contributed by atoms with van der Waals surface area (Å²) in [5.74, 6) is 1.01. The Morgan fingerprint density at radius 1 is 1.21 bits per heavy atom. The van der Waals surface area contributed by atoms with Gasteiger partial charge in [0.05, 0.1) is 7.11 Å². The van der Waals surface area contributed by atoms with Crippen molar-refractivity contribution >= 4 is 17.5 Å². The monoisotopic (exact) mass is 326 g/mol. The Hall–Kier alpha value is -2.63. The van der Waals surface area contributed by atoms with Gasteiger partial charge in [-0.15, -0.1) is 0 Å². The van der Waals surface area contributed by atoms with Crippen LogP contribution in [0.5, 0.6) is 5.75 Å². The zero-order valence-corrected chi connectivity index (χ0v) is 14.0. The minimum atomic E-state index is -0.138. The van der Waals surface area contributed by atoms with Crippen LogP contribution in [0, 0.1) is 6.92 Å². The maximum Gasteiger partial charge on any atom is 0.270 e. The maximum atomic E-state index is 12.4. The summed E-state index contributed by atoms with van der Waals surface area (Å²) in [6.07, 6.45) is 4.45. The fraction of sp³-hybridized carbons (Fsp3) is 0.389. The molecule has 1 amide bonds. The highest BCUT2D eigenvalue weighted by atomic mass is 16.5. The standard InChI is InChI=1S/C18H22N4O2/c1-12-10-16(17(23)20-13-6-3-4-7-13)22-18(19-12)21-14-8-5-9-15(11-14)24-2/h5,8-11,13H,3-4,6-7H2,1-2H3,(H,20,23)(H,19,21,22). The number of hydrogen-bond donors (Lipinski definition) is 2. The molecule has 1 aromatic carbocycles. The number of aryl methyl sites for hydroxylation is 1. The lowest BCUT2D eigenvalue weighted by Gasteiger charge is -2.13. The van der Waals surface area contributed by atoms with Gasteiger partial charge in [-0.25, -0.2) is 9.97 Å². The summed E-state index contributed by atoms with van der Waals surface area (Å²) in [7, 11) is 1.62. The van der Waals surface area contributed by atoms with Crippen LogP contribution in [0.2, 0.25) is 0 Å². The van der Waals surface area contributed by atoms with Crippen LogP contribution < -0.4 is 15.4 Å². The molecule has 0 saturated heterocycles. The van der Waals surface area contributed by atoms with E-state index in [0.29, 0.717) is 11.6 Å². The van der Waals surface area contributed by atoms with E-state index in [9.17, 15) is 4.79 Å². The van der Waals surface area contributed by atoms with Crippen molar-refractivity contribution in [2.24, 2.45) is 0 Å². The second kappa shape index (κ2) is 7.29. The molecule has 0 atom stereocenters. The molecule has 126 valence electrons. The van der Waals surface area contributed by atoms with Crippen LogP contribution >= 0.6 is 0 Å². The summed E-state index contributed by atoms with van der Waals surface area (Å²) < 4.78 is 5.21. The number of aromatic nitrogens is 2. The number of nitrogens with one attached hydrogen (secondary N) is 2. The average Bonchev–Trinajstić information content (AvgIpc) is 3.07. The largest absolute Gasteiger partial charge is 0.497 e. The van der Waals surface area contributed by atoms with Crippen molar-refractivity contribution in [2.75, 3.05) is 12.4 Å². The normalized spacial score (nSPS) is 14.4. The molecule has 1 fully saturated rings. The van der Waals surface area contributed by atoms with Crippen molar-refractivity contribution < 1.29 is 9.53 Å². The average molecular weight is 326 g/mol. The molecule has 1 aliphatic rings. The molecule has 1 aromatic heterocycles. The zero-order valence-electron chi connectivity index (χ0n) is 14.0. The quantitative estimate of drug-likeness (QED) is 0.882. The molecule has 2 aromatic rings. The molecule has 0 bridgehead atoms. The Morgan fingerprint density at radius 3 is 2.75 bits per heavy atom. The first-order valence-electron chi connectivity index (χ1n) is 8.21. The number of ether oxygens (including phenoxy) is 1. The molecule has 1 saturated carbocycles. The third-order valence-electron chi connectivity index (χ3n) is 4.10. The van der Waals surface area contributed by atoms with Crippen LogP contribution in [0.3, 0.4) is 0 Å². The minimum Gasteiger partial charge on any atom is -0.497 e. The molecule has 1 aliphatic carbocycles. The van der Waals surface area contributed by atoms with Crippen molar-refractivity contribution in [1.29, 1.82) is 0 Å². The van der Waals surface area contributed by atoms with E-state index in [2.05, 4.69) is 20.6 Å². The van der Waals surface area contributed by atoms with E-state index in [4.69, 9.17) is 4.74 Å². The number of rotatable bonds is 5. The zero-order chi connectivity index (χ0) is 16.9. The fourth-order valence-electron chi connectivity index (χ4n) is 2.90. The molecular weight excluding hydrogens is 304 g/mol. The molecule has 1 heterocycles. The van der Waals surface area contributed by atoms with Crippen molar-refractivity contribution in [3.8, 4) is 5.75 Å². The lowest BCUT2D eigenvalue weighted by Crippen LogP contribution is -2.33. The molecule has 24 heavy (non-hydrogen) atoms. The van der Waals surface area contributed by atoms with Crippen LogP contribution in [-0.4, -0.2) is 29.0 Å². The predicted octanol–water partition coefficient (Wildman–Crippen LogP) is 3.21. The third kappa shape index (κ3) is 4.01. The summed E-state index contributed by atoms with van der Waals surface area (Å²) in [5, 5.41) is 6.18. The Bertz CT molecular complexity index is 727. The van der Waals surface area contributed by atoms with Gasteiger partial charge in [-0.2, -0.15) is 0 Å². The minimum absolute atomic E-state index is 0.138. The summed E-state index contributed by atoms with van der Waals surface area (Å²) in [6, 6.07) is 9.47. The molecule has 0 spiro atoms. The van der Waals surface area contributed by atoms with Crippen molar-refractivity contribution in [3.63, 3.8) is 0 Å². The first kappa shape index (κ1) is 16.2. The number of anilines is 2. The first-order valence-corrected chi connectivity index (χ1v) is 8.21. The van der Waals surface area contributed by atoms with E-state index < -0.39 is 0 Å². The second-order valence-corrected chi connectivity index (χ2v) is 6.03. The Morgan fingerprint density at radius 2 is 2.00 bits per heavy atom.